The zero-order chi connectivity index (χ0) is 15.7. The molecule has 1 atom stereocenters. The Labute approximate surface area is 133 Å². The van der Waals surface area contributed by atoms with Crippen LogP contribution in [0.25, 0.3) is 0 Å². The molecule has 1 fully saturated rings. The molecule has 2 rings (SSSR count). The number of benzene rings is 1. The summed E-state index contributed by atoms with van der Waals surface area (Å²) in [4.78, 5) is 0. The normalized spacial score (nSPS) is 21.6. The zero-order valence-corrected chi connectivity index (χ0v) is 13.6. The molecule has 0 radical (unpaired) electrons. The van der Waals surface area contributed by atoms with Gasteiger partial charge >= 0.3 is 0 Å². The number of hydrogen-bond donors (Lipinski definition) is 0. The van der Waals surface area contributed by atoms with Crippen molar-refractivity contribution in [1.82, 2.24) is 0 Å². The van der Waals surface area contributed by atoms with Crippen LogP contribution in [0.15, 0.2) is 18.2 Å². The van der Waals surface area contributed by atoms with Crippen molar-refractivity contribution in [3.63, 3.8) is 0 Å². The van der Waals surface area contributed by atoms with Crippen molar-refractivity contribution in [2.75, 3.05) is 23.3 Å². The monoisotopic (exact) mass is 356 g/mol. The van der Waals surface area contributed by atoms with E-state index in [-0.39, 0.29) is 41.2 Å². The first-order valence-electron chi connectivity index (χ1n) is 6.58. The maximum Gasteiger partial charge on any atom is 0.150 e. The van der Waals surface area contributed by atoms with E-state index in [1.807, 2.05) is 0 Å². The molecular formula is C14H16Cl2F2O2S. The first-order valence-corrected chi connectivity index (χ1v) is 9.47. The number of hydrogen-bond acceptors (Lipinski definition) is 2. The van der Waals surface area contributed by atoms with Crippen molar-refractivity contribution < 1.29 is 17.2 Å². The molecule has 0 saturated carbocycles. The summed E-state index contributed by atoms with van der Waals surface area (Å²) in [6.45, 7) is 0. The topological polar surface area (TPSA) is 34.1 Å². The fourth-order valence-electron chi connectivity index (χ4n) is 2.83. The Kier molecular flexibility index (Phi) is 5.16. The SMILES string of the molecule is O=S1(=O)CCC(C(CCl)(CCl)Cc2cc(F)ccc2F)C1. The molecule has 1 unspecified atom stereocenters. The van der Waals surface area contributed by atoms with Crippen molar-refractivity contribution in [2.24, 2.45) is 11.3 Å². The van der Waals surface area contributed by atoms with Crippen molar-refractivity contribution in [3.8, 4) is 0 Å². The van der Waals surface area contributed by atoms with Crippen LogP contribution in [0.3, 0.4) is 0 Å². The third-order valence-electron chi connectivity index (χ3n) is 4.18. The second-order valence-corrected chi connectivity index (χ2v) is 8.41. The van der Waals surface area contributed by atoms with Gasteiger partial charge < -0.3 is 0 Å². The first kappa shape index (κ1) is 17.0. The van der Waals surface area contributed by atoms with Crippen LogP contribution in [0.5, 0.6) is 0 Å². The Morgan fingerprint density at radius 1 is 1.24 bits per heavy atom. The summed E-state index contributed by atoms with van der Waals surface area (Å²) in [7, 11) is -3.09. The minimum atomic E-state index is -3.09. The molecule has 21 heavy (non-hydrogen) atoms. The molecule has 0 bridgehead atoms. The average molecular weight is 357 g/mol. The summed E-state index contributed by atoms with van der Waals surface area (Å²) >= 11 is 12.1. The molecular weight excluding hydrogens is 341 g/mol. The van der Waals surface area contributed by atoms with Gasteiger partial charge in [0.15, 0.2) is 9.84 Å². The molecule has 1 aliphatic rings. The lowest BCUT2D eigenvalue weighted by Crippen LogP contribution is -2.38. The maximum absolute atomic E-state index is 13.8. The van der Waals surface area contributed by atoms with Gasteiger partial charge in [-0.25, -0.2) is 17.2 Å². The fraction of sp³-hybridized carbons (Fsp3) is 0.571. The molecule has 118 valence electrons. The number of rotatable bonds is 5. The molecule has 0 aromatic heterocycles. The van der Waals surface area contributed by atoms with Gasteiger partial charge in [-0.1, -0.05) is 0 Å². The predicted octanol–water partition coefficient (Wildman–Crippen LogP) is 3.41. The first-order chi connectivity index (χ1) is 9.82. The molecule has 1 aromatic carbocycles. The van der Waals surface area contributed by atoms with E-state index in [9.17, 15) is 17.2 Å². The Hall–Kier alpha value is -0.390. The minimum Gasteiger partial charge on any atom is -0.229 e. The van der Waals surface area contributed by atoms with Crippen LogP contribution in [0, 0.1) is 23.0 Å². The van der Waals surface area contributed by atoms with Crippen molar-refractivity contribution in [1.29, 1.82) is 0 Å². The second kappa shape index (κ2) is 6.39. The van der Waals surface area contributed by atoms with Crippen molar-refractivity contribution >= 4 is 33.0 Å². The smallest absolute Gasteiger partial charge is 0.150 e. The van der Waals surface area contributed by atoms with Gasteiger partial charge in [0, 0.05) is 17.2 Å². The van der Waals surface area contributed by atoms with E-state index in [2.05, 4.69) is 0 Å². The quantitative estimate of drug-likeness (QED) is 0.757. The number of alkyl halides is 2. The molecule has 7 heteroatoms. The number of sulfone groups is 1. The number of halogens is 4. The van der Waals surface area contributed by atoms with E-state index in [1.165, 1.54) is 0 Å². The van der Waals surface area contributed by atoms with E-state index >= 15 is 0 Å². The molecule has 0 spiro atoms. The van der Waals surface area contributed by atoms with Crippen LogP contribution < -0.4 is 0 Å². The lowest BCUT2D eigenvalue weighted by Gasteiger charge is -2.35. The molecule has 0 N–H and O–H groups in total. The summed E-state index contributed by atoms with van der Waals surface area (Å²) in [5.74, 6) is -0.998. The van der Waals surface area contributed by atoms with Crippen molar-refractivity contribution in [2.45, 2.75) is 12.8 Å². The molecule has 0 amide bonds. The Morgan fingerprint density at radius 3 is 2.43 bits per heavy atom. The van der Waals surface area contributed by atoms with Crippen molar-refractivity contribution in [3.05, 3.63) is 35.4 Å². The second-order valence-electron chi connectivity index (χ2n) is 5.64. The molecule has 1 heterocycles. The van der Waals surface area contributed by atoms with Crippen LogP contribution in [0.1, 0.15) is 12.0 Å². The largest absolute Gasteiger partial charge is 0.229 e. The van der Waals surface area contributed by atoms with E-state index in [4.69, 9.17) is 23.2 Å². The van der Waals surface area contributed by atoms with Gasteiger partial charge in [0.1, 0.15) is 11.6 Å². The van der Waals surface area contributed by atoms with E-state index in [1.54, 1.807) is 0 Å². The van der Waals surface area contributed by atoms with Crippen LogP contribution in [0.2, 0.25) is 0 Å². The average Bonchev–Trinajstić information content (AvgIpc) is 2.81. The molecule has 1 aliphatic heterocycles. The minimum absolute atomic E-state index is 0.00335. The summed E-state index contributed by atoms with van der Waals surface area (Å²) in [5.41, 5.74) is -0.568. The summed E-state index contributed by atoms with van der Waals surface area (Å²) in [5, 5.41) is 0. The highest BCUT2D eigenvalue weighted by Gasteiger charge is 2.44. The molecule has 1 saturated heterocycles. The van der Waals surface area contributed by atoms with Crippen LogP contribution >= 0.6 is 23.2 Å². The standard InChI is InChI=1S/C14H16Cl2F2O2S/c15-8-14(9-16,11-3-4-21(19,20)7-11)6-10-5-12(17)1-2-13(10)18/h1-2,5,11H,3-4,6-9H2. The van der Waals surface area contributed by atoms with Gasteiger partial charge in [-0.2, -0.15) is 0 Å². The van der Waals surface area contributed by atoms with Gasteiger partial charge in [-0.3, -0.25) is 0 Å². The summed E-state index contributed by atoms with van der Waals surface area (Å²) < 4.78 is 50.5. The van der Waals surface area contributed by atoms with E-state index in [0.717, 1.165) is 18.2 Å². The van der Waals surface area contributed by atoms with Gasteiger partial charge in [-0.15, -0.1) is 23.2 Å². The maximum atomic E-state index is 13.8. The third-order valence-corrected chi connectivity index (χ3v) is 7.01. The fourth-order valence-corrected chi connectivity index (χ4v) is 5.68. The van der Waals surface area contributed by atoms with Gasteiger partial charge in [0.05, 0.1) is 11.5 Å². The highest BCUT2D eigenvalue weighted by Crippen LogP contribution is 2.41. The highest BCUT2D eigenvalue weighted by molar-refractivity contribution is 7.91. The van der Waals surface area contributed by atoms with Crippen LogP contribution in [-0.2, 0) is 16.3 Å². The Bertz CT molecular complexity index is 615. The lowest BCUT2D eigenvalue weighted by atomic mass is 9.73. The van der Waals surface area contributed by atoms with Gasteiger partial charge in [0.25, 0.3) is 0 Å². The van der Waals surface area contributed by atoms with Crippen LogP contribution in [0.4, 0.5) is 8.78 Å². The molecule has 2 nitrogen and oxygen atoms in total. The molecule has 0 aliphatic carbocycles. The zero-order valence-electron chi connectivity index (χ0n) is 11.3. The predicted molar refractivity (Wildman–Crippen MR) is 80.7 cm³/mol. The summed E-state index contributed by atoms with van der Waals surface area (Å²) in [6.07, 6.45) is 0.586. The van der Waals surface area contributed by atoms with Crippen LogP contribution in [-0.4, -0.2) is 31.7 Å². The summed E-state index contributed by atoms with van der Waals surface area (Å²) in [6, 6.07) is 3.22. The van der Waals surface area contributed by atoms with Gasteiger partial charge in [-0.05, 0) is 42.5 Å². The van der Waals surface area contributed by atoms with Gasteiger partial charge in [0.2, 0.25) is 0 Å². The lowest BCUT2D eigenvalue weighted by molar-refractivity contribution is 0.242. The third kappa shape index (κ3) is 3.69. The Balaban J connectivity index is 2.32. The molecule has 1 aromatic rings. The van der Waals surface area contributed by atoms with E-state index in [0.29, 0.717) is 6.42 Å². The van der Waals surface area contributed by atoms with E-state index < -0.39 is 26.9 Å². The Morgan fingerprint density at radius 2 is 1.90 bits per heavy atom. The highest BCUT2D eigenvalue weighted by atomic mass is 35.5.